The molecule has 50 valence electrons. The number of rotatable bonds is 4. The van der Waals surface area contributed by atoms with E-state index in [1.165, 1.54) is 0 Å². The average molecular weight is 118 g/mol. The van der Waals surface area contributed by atoms with E-state index in [2.05, 4.69) is 5.32 Å². The van der Waals surface area contributed by atoms with E-state index in [9.17, 15) is 0 Å². The van der Waals surface area contributed by atoms with E-state index in [1.54, 1.807) is 0 Å². The van der Waals surface area contributed by atoms with Crippen LogP contribution in [0, 0.1) is 0 Å². The van der Waals surface area contributed by atoms with Crippen LogP contribution < -0.4 is 16.8 Å². The molecular weight excluding hydrogens is 104 g/mol. The Balaban J connectivity index is 3.07. The Morgan fingerprint density at radius 1 is 1.38 bits per heavy atom. The molecule has 5 N–H and O–H groups in total. The predicted molar refractivity (Wildman–Crippen MR) is 33.9 cm³/mol. The number of nitrogens with one attached hydrogen (secondary N) is 1. The fraction of sp³-hybridized carbons (Fsp3) is 1.00. The van der Waals surface area contributed by atoms with Crippen LogP contribution >= 0.6 is 0 Å². The van der Waals surface area contributed by atoms with Crippen molar-refractivity contribution in [2.75, 3.05) is 27.1 Å². The van der Waals surface area contributed by atoms with Gasteiger partial charge in [0, 0.05) is 13.3 Å². The third kappa shape index (κ3) is 2.92. The van der Waals surface area contributed by atoms with Gasteiger partial charge in [0.1, 0.15) is 0 Å². The van der Waals surface area contributed by atoms with Gasteiger partial charge in [-0.05, 0) is 7.05 Å². The third-order valence-corrected chi connectivity index (χ3v) is 0.898. The first-order valence-corrected chi connectivity index (χ1v) is 2.62. The standard InChI is InChI=1S/C4H14N4/c1-7-4-8(2-5)3-6/h7H,2-6H2,1H3. The van der Waals surface area contributed by atoms with Crippen molar-refractivity contribution in [2.24, 2.45) is 11.5 Å². The molecule has 0 aromatic rings. The zero-order valence-corrected chi connectivity index (χ0v) is 5.22. The number of hydrogen-bond acceptors (Lipinski definition) is 4. The van der Waals surface area contributed by atoms with Crippen LogP contribution in [-0.2, 0) is 0 Å². The quantitative estimate of drug-likeness (QED) is 0.385. The van der Waals surface area contributed by atoms with Crippen LogP contribution in [0.2, 0.25) is 0 Å². The summed E-state index contributed by atoms with van der Waals surface area (Å²) in [6.07, 6.45) is 0. The lowest BCUT2D eigenvalue weighted by Crippen LogP contribution is -2.40. The highest BCUT2D eigenvalue weighted by molar-refractivity contribution is 4.43. The van der Waals surface area contributed by atoms with Crippen molar-refractivity contribution >= 4 is 0 Å². The van der Waals surface area contributed by atoms with Gasteiger partial charge in [-0.15, -0.1) is 0 Å². The van der Waals surface area contributed by atoms with E-state index < -0.39 is 0 Å². The summed E-state index contributed by atoms with van der Waals surface area (Å²) in [5.41, 5.74) is 10.6. The lowest BCUT2D eigenvalue weighted by atomic mass is 10.7. The molecule has 0 heterocycles. The van der Waals surface area contributed by atoms with Gasteiger partial charge >= 0.3 is 0 Å². The van der Waals surface area contributed by atoms with Gasteiger partial charge in [-0.2, -0.15) is 0 Å². The molecule has 8 heavy (non-hydrogen) atoms. The first-order chi connectivity index (χ1) is 3.85. The van der Waals surface area contributed by atoms with Gasteiger partial charge < -0.3 is 16.8 Å². The Morgan fingerprint density at radius 3 is 2.00 bits per heavy atom. The Kier molecular flexibility index (Phi) is 4.89. The van der Waals surface area contributed by atoms with Crippen molar-refractivity contribution < 1.29 is 0 Å². The number of nitrogens with two attached hydrogens (primary N) is 2. The Morgan fingerprint density at radius 2 is 1.88 bits per heavy atom. The molecule has 0 spiro atoms. The van der Waals surface area contributed by atoms with Crippen LogP contribution in [0.15, 0.2) is 0 Å². The van der Waals surface area contributed by atoms with Crippen molar-refractivity contribution in [3.05, 3.63) is 0 Å². The van der Waals surface area contributed by atoms with Gasteiger partial charge in [0.25, 0.3) is 0 Å². The molecule has 0 bridgehead atoms. The minimum atomic E-state index is 0.511. The summed E-state index contributed by atoms with van der Waals surface area (Å²) in [4.78, 5) is 1.88. The molecule has 0 unspecified atom stereocenters. The summed E-state index contributed by atoms with van der Waals surface area (Å²) in [6, 6.07) is 0. The molecule has 0 aromatic carbocycles. The first-order valence-electron chi connectivity index (χ1n) is 2.62. The summed E-state index contributed by atoms with van der Waals surface area (Å²) in [7, 11) is 1.86. The van der Waals surface area contributed by atoms with Gasteiger partial charge in [-0.1, -0.05) is 0 Å². The molecule has 0 radical (unpaired) electrons. The van der Waals surface area contributed by atoms with Crippen molar-refractivity contribution in [1.29, 1.82) is 0 Å². The zero-order chi connectivity index (χ0) is 6.41. The monoisotopic (exact) mass is 118 g/mol. The summed E-state index contributed by atoms with van der Waals surface area (Å²) in [6.45, 7) is 1.78. The summed E-state index contributed by atoms with van der Waals surface area (Å²) >= 11 is 0. The maximum Gasteiger partial charge on any atom is 0.0502 e. The molecule has 0 rings (SSSR count). The minimum Gasteiger partial charge on any atom is -0.318 e. The van der Waals surface area contributed by atoms with E-state index in [-0.39, 0.29) is 0 Å². The van der Waals surface area contributed by atoms with Crippen LogP contribution in [0.25, 0.3) is 0 Å². The molecule has 0 aliphatic heterocycles. The van der Waals surface area contributed by atoms with Gasteiger partial charge in [-0.3, -0.25) is 4.90 Å². The third-order valence-electron chi connectivity index (χ3n) is 0.898. The second-order valence-electron chi connectivity index (χ2n) is 1.55. The topological polar surface area (TPSA) is 67.3 Å². The Labute approximate surface area is 49.8 Å². The Hall–Kier alpha value is -0.160. The fourth-order valence-corrected chi connectivity index (χ4v) is 0.427. The van der Waals surface area contributed by atoms with Crippen molar-refractivity contribution in [2.45, 2.75) is 0 Å². The van der Waals surface area contributed by atoms with Gasteiger partial charge in [0.2, 0.25) is 0 Å². The smallest absolute Gasteiger partial charge is 0.0502 e. The summed E-state index contributed by atoms with van der Waals surface area (Å²) in [5.74, 6) is 0. The molecule has 0 saturated carbocycles. The molecule has 0 fully saturated rings. The maximum atomic E-state index is 5.28. The highest BCUT2D eigenvalue weighted by Gasteiger charge is 1.92. The first kappa shape index (κ1) is 7.84. The van der Waals surface area contributed by atoms with Crippen molar-refractivity contribution in [1.82, 2.24) is 10.2 Å². The zero-order valence-electron chi connectivity index (χ0n) is 5.22. The van der Waals surface area contributed by atoms with Crippen molar-refractivity contribution in [3.8, 4) is 0 Å². The van der Waals surface area contributed by atoms with Gasteiger partial charge in [0.15, 0.2) is 0 Å². The summed E-state index contributed by atoms with van der Waals surface area (Å²) in [5, 5.41) is 2.94. The molecule has 4 nitrogen and oxygen atoms in total. The van der Waals surface area contributed by atoms with E-state index >= 15 is 0 Å². The maximum absolute atomic E-state index is 5.28. The SMILES string of the molecule is CNCN(CN)CN. The van der Waals surface area contributed by atoms with Crippen LogP contribution in [-0.4, -0.2) is 32.0 Å². The fourth-order valence-electron chi connectivity index (χ4n) is 0.427. The molecular formula is C4H14N4. The second-order valence-corrected chi connectivity index (χ2v) is 1.55. The molecule has 0 atom stereocenters. The number of nitrogens with zero attached hydrogens (tertiary/aromatic N) is 1. The van der Waals surface area contributed by atoms with Crippen LogP contribution in [0.5, 0.6) is 0 Å². The van der Waals surface area contributed by atoms with Crippen LogP contribution in [0.1, 0.15) is 0 Å². The highest BCUT2D eigenvalue weighted by atomic mass is 15.3. The largest absolute Gasteiger partial charge is 0.318 e. The minimum absolute atomic E-state index is 0.511. The normalized spacial score (nSPS) is 10.5. The van der Waals surface area contributed by atoms with Gasteiger partial charge in [0.05, 0.1) is 6.67 Å². The highest BCUT2D eigenvalue weighted by Crippen LogP contribution is 1.71. The average Bonchev–Trinajstić information content (AvgIpc) is 1.83. The lowest BCUT2D eigenvalue weighted by Gasteiger charge is -2.15. The van der Waals surface area contributed by atoms with Crippen LogP contribution in [0.3, 0.4) is 0 Å². The van der Waals surface area contributed by atoms with Gasteiger partial charge in [-0.25, -0.2) is 0 Å². The molecule has 0 saturated heterocycles. The molecule has 4 heteroatoms. The van der Waals surface area contributed by atoms with E-state index in [0.717, 1.165) is 6.67 Å². The second kappa shape index (κ2) is 4.99. The number of hydrogen-bond donors (Lipinski definition) is 3. The molecule has 0 amide bonds. The summed E-state index contributed by atoms with van der Waals surface area (Å²) < 4.78 is 0. The molecule has 0 aromatic heterocycles. The van der Waals surface area contributed by atoms with E-state index in [4.69, 9.17) is 11.5 Å². The van der Waals surface area contributed by atoms with E-state index in [0.29, 0.717) is 13.3 Å². The van der Waals surface area contributed by atoms with Crippen LogP contribution in [0.4, 0.5) is 0 Å². The molecule has 0 aliphatic rings. The van der Waals surface area contributed by atoms with E-state index in [1.807, 2.05) is 11.9 Å². The Bertz CT molecular complexity index is 43.3. The lowest BCUT2D eigenvalue weighted by molar-refractivity contribution is 0.275. The van der Waals surface area contributed by atoms with Crippen molar-refractivity contribution in [3.63, 3.8) is 0 Å². The molecule has 0 aliphatic carbocycles. The predicted octanol–water partition coefficient (Wildman–Crippen LogP) is -1.70.